The van der Waals surface area contributed by atoms with E-state index in [0.717, 1.165) is 4.90 Å². The summed E-state index contributed by atoms with van der Waals surface area (Å²) in [6, 6.07) is 6.73. The lowest BCUT2D eigenvalue weighted by atomic mass is 10.1. The number of fused-ring (bicyclic) bond motifs is 1. The molecule has 1 atom stereocenters. The average molecular weight is 237 g/mol. The number of carbonyl (C=O) groups is 2. The van der Waals surface area contributed by atoms with Gasteiger partial charge in [0.1, 0.15) is 0 Å². The molecule has 84 valence electrons. The van der Waals surface area contributed by atoms with Crippen LogP contribution in [0.3, 0.4) is 0 Å². The second-order valence-electron chi connectivity index (χ2n) is 3.58. The van der Waals surface area contributed by atoms with Crippen LogP contribution in [0.15, 0.2) is 24.3 Å². The topological polar surface area (TPSA) is 54.5 Å². The van der Waals surface area contributed by atoms with E-state index in [1.165, 1.54) is 0 Å². The van der Waals surface area contributed by atoms with Gasteiger partial charge in [0.15, 0.2) is 0 Å². The Kier molecular flexibility index (Phi) is 2.87. The van der Waals surface area contributed by atoms with Crippen molar-refractivity contribution in [3.8, 4) is 0 Å². The highest BCUT2D eigenvalue weighted by atomic mass is 32.2. The molecule has 0 aromatic heterocycles. The fourth-order valence-corrected chi connectivity index (χ4v) is 2.10. The third-order valence-electron chi connectivity index (χ3n) is 2.48. The quantitative estimate of drug-likeness (QED) is 0.726. The van der Waals surface area contributed by atoms with E-state index < -0.39 is 10.8 Å². The summed E-state index contributed by atoms with van der Waals surface area (Å²) in [4.78, 5) is 24.8. The molecule has 0 fully saturated rings. The number of rotatable bonds is 3. The predicted octanol–water partition coefficient (Wildman–Crippen LogP) is 0.661. The van der Waals surface area contributed by atoms with Crippen molar-refractivity contribution in [3.05, 3.63) is 35.4 Å². The second kappa shape index (κ2) is 4.17. The normalized spacial score (nSPS) is 16.4. The molecule has 0 radical (unpaired) electrons. The predicted molar refractivity (Wildman–Crippen MR) is 60.7 cm³/mol. The van der Waals surface area contributed by atoms with E-state index >= 15 is 0 Å². The maximum absolute atomic E-state index is 11.8. The maximum Gasteiger partial charge on any atom is 0.261 e. The summed E-state index contributed by atoms with van der Waals surface area (Å²) < 4.78 is 10.9. The molecule has 1 aliphatic heterocycles. The van der Waals surface area contributed by atoms with E-state index in [0.29, 0.717) is 16.9 Å². The minimum atomic E-state index is -1.00. The van der Waals surface area contributed by atoms with Crippen molar-refractivity contribution in [1.29, 1.82) is 0 Å². The summed E-state index contributed by atoms with van der Waals surface area (Å²) in [5, 5.41) is 0. The van der Waals surface area contributed by atoms with E-state index in [9.17, 15) is 13.8 Å². The van der Waals surface area contributed by atoms with Crippen LogP contribution in [-0.4, -0.2) is 39.5 Å². The molecule has 0 aliphatic carbocycles. The zero-order valence-electron chi connectivity index (χ0n) is 8.80. The Labute approximate surface area is 95.7 Å². The van der Waals surface area contributed by atoms with E-state index in [-0.39, 0.29) is 18.4 Å². The molecule has 16 heavy (non-hydrogen) atoms. The van der Waals surface area contributed by atoms with E-state index in [4.69, 9.17) is 0 Å². The van der Waals surface area contributed by atoms with E-state index in [1.54, 1.807) is 30.5 Å². The first-order valence-corrected chi connectivity index (χ1v) is 6.59. The zero-order chi connectivity index (χ0) is 11.7. The average Bonchev–Trinajstić information content (AvgIpc) is 2.50. The van der Waals surface area contributed by atoms with Gasteiger partial charge in [-0.05, 0) is 12.1 Å². The van der Waals surface area contributed by atoms with Gasteiger partial charge < -0.3 is 0 Å². The fraction of sp³-hybridized carbons (Fsp3) is 0.273. The number of carbonyl (C=O) groups excluding carboxylic acids is 2. The molecule has 0 N–H and O–H groups in total. The van der Waals surface area contributed by atoms with Crippen LogP contribution < -0.4 is 0 Å². The summed E-state index contributed by atoms with van der Waals surface area (Å²) in [6.45, 7) is 0.218. The Morgan fingerprint density at radius 3 is 2.06 bits per heavy atom. The Balaban J connectivity index is 2.25. The molecule has 1 aromatic rings. The van der Waals surface area contributed by atoms with Crippen LogP contribution in [-0.2, 0) is 10.8 Å². The van der Waals surface area contributed by atoms with Gasteiger partial charge in [-0.3, -0.25) is 18.7 Å². The number of benzene rings is 1. The van der Waals surface area contributed by atoms with E-state index in [2.05, 4.69) is 0 Å². The zero-order valence-corrected chi connectivity index (χ0v) is 9.62. The van der Waals surface area contributed by atoms with Crippen molar-refractivity contribution in [1.82, 2.24) is 4.90 Å². The van der Waals surface area contributed by atoms with Gasteiger partial charge in [0.25, 0.3) is 11.8 Å². The van der Waals surface area contributed by atoms with Crippen LogP contribution >= 0.6 is 0 Å². The second-order valence-corrected chi connectivity index (χ2v) is 5.14. The van der Waals surface area contributed by atoms with Gasteiger partial charge in [-0.1, -0.05) is 12.1 Å². The van der Waals surface area contributed by atoms with Crippen molar-refractivity contribution >= 4 is 22.6 Å². The van der Waals surface area contributed by atoms with Gasteiger partial charge in [-0.25, -0.2) is 0 Å². The van der Waals surface area contributed by atoms with Crippen molar-refractivity contribution in [2.75, 3.05) is 18.6 Å². The molecule has 0 saturated heterocycles. The lowest BCUT2D eigenvalue weighted by molar-refractivity contribution is 0.0664. The van der Waals surface area contributed by atoms with Crippen molar-refractivity contribution < 1.29 is 13.8 Å². The lowest BCUT2D eigenvalue weighted by Crippen LogP contribution is -2.33. The Bertz CT molecular complexity index is 449. The summed E-state index contributed by atoms with van der Waals surface area (Å²) >= 11 is 0. The first-order chi connectivity index (χ1) is 7.61. The molecule has 1 aliphatic rings. The molecule has 4 nitrogen and oxygen atoms in total. The number of hydrogen-bond acceptors (Lipinski definition) is 3. The number of amides is 2. The van der Waals surface area contributed by atoms with Crippen LogP contribution in [0.25, 0.3) is 0 Å². The fourth-order valence-electron chi connectivity index (χ4n) is 1.66. The Hall–Kier alpha value is -1.49. The molecule has 2 amide bonds. The highest BCUT2D eigenvalue weighted by Gasteiger charge is 2.34. The smallest absolute Gasteiger partial charge is 0.261 e. The van der Waals surface area contributed by atoms with Crippen LogP contribution in [0, 0.1) is 0 Å². The van der Waals surface area contributed by atoms with Crippen LogP contribution in [0.4, 0.5) is 0 Å². The highest BCUT2D eigenvalue weighted by Crippen LogP contribution is 2.21. The number of nitrogens with zero attached hydrogens (tertiary/aromatic N) is 1. The standard InChI is InChI=1S/C11H11NO3S/c1-16(15)7-6-12-10(13)8-4-2-3-5-9(8)11(12)14/h2-5H,6-7H2,1H3. The molecule has 2 rings (SSSR count). The number of hydrogen-bond donors (Lipinski definition) is 0. The third kappa shape index (κ3) is 1.78. The molecule has 5 heteroatoms. The largest absolute Gasteiger partial charge is 0.273 e. The molecule has 1 unspecified atom stereocenters. The lowest BCUT2D eigenvalue weighted by Gasteiger charge is -2.11. The van der Waals surface area contributed by atoms with Crippen molar-refractivity contribution in [3.63, 3.8) is 0 Å². The molecule has 0 saturated carbocycles. The van der Waals surface area contributed by atoms with Gasteiger partial charge in [-0.2, -0.15) is 0 Å². The SMILES string of the molecule is CS(=O)CCN1C(=O)c2ccccc2C1=O. The van der Waals surface area contributed by atoms with Crippen LogP contribution in [0.5, 0.6) is 0 Å². The molecule has 1 aromatic carbocycles. The molecule has 0 bridgehead atoms. The van der Waals surface area contributed by atoms with E-state index in [1.807, 2.05) is 0 Å². The summed E-state index contributed by atoms with van der Waals surface area (Å²) in [5.41, 5.74) is 0.878. The van der Waals surface area contributed by atoms with Crippen LogP contribution in [0.1, 0.15) is 20.7 Å². The first kappa shape index (κ1) is 11.0. The van der Waals surface area contributed by atoms with Gasteiger partial charge in [0.05, 0.1) is 11.1 Å². The molecule has 1 heterocycles. The van der Waals surface area contributed by atoms with Crippen LogP contribution in [0.2, 0.25) is 0 Å². The molecule has 0 spiro atoms. The third-order valence-corrected chi connectivity index (χ3v) is 3.24. The minimum absolute atomic E-state index is 0.218. The molecular formula is C11H11NO3S. The summed E-state index contributed by atoms with van der Waals surface area (Å²) in [6.07, 6.45) is 1.55. The summed E-state index contributed by atoms with van der Waals surface area (Å²) in [7, 11) is -1.00. The van der Waals surface area contributed by atoms with Crippen molar-refractivity contribution in [2.24, 2.45) is 0 Å². The van der Waals surface area contributed by atoms with Gasteiger partial charge >= 0.3 is 0 Å². The number of imide groups is 1. The maximum atomic E-state index is 11.8. The first-order valence-electron chi connectivity index (χ1n) is 4.86. The van der Waals surface area contributed by atoms with Gasteiger partial charge in [0, 0.05) is 29.4 Å². The minimum Gasteiger partial charge on any atom is -0.273 e. The Morgan fingerprint density at radius 2 is 1.62 bits per heavy atom. The van der Waals surface area contributed by atoms with Crippen molar-refractivity contribution in [2.45, 2.75) is 0 Å². The van der Waals surface area contributed by atoms with Gasteiger partial charge in [-0.15, -0.1) is 0 Å². The Morgan fingerprint density at radius 1 is 1.12 bits per heavy atom. The highest BCUT2D eigenvalue weighted by molar-refractivity contribution is 7.84. The monoisotopic (exact) mass is 237 g/mol. The summed E-state index contributed by atoms with van der Waals surface area (Å²) in [5.74, 6) is -0.247. The molecular weight excluding hydrogens is 226 g/mol. The van der Waals surface area contributed by atoms with Gasteiger partial charge in [0.2, 0.25) is 0 Å².